The Balaban J connectivity index is 1.87. The first kappa shape index (κ1) is 16.1. The number of rotatable bonds is 7. The lowest BCUT2D eigenvalue weighted by Gasteiger charge is -2.13. The van der Waals surface area contributed by atoms with Crippen LogP contribution in [0.4, 0.5) is 0 Å². The van der Waals surface area contributed by atoms with Crippen LogP contribution < -0.4 is 9.47 Å². The lowest BCUT2D eigenvalue weighted by Crippen LogP contribution is -2.00. The zero-order valence-corrected chi connectivity index (χ0v) is 14.1. The third-order valence-corrected chi connectivity index (χ3v) is 3.80. The maximum atomic E-state index is 5.94. The largest absolute Gasteiger partial charge is 0.493 e. The Bertz CT molecular complexity index is 804. The first-order valence-electron chi connectivity index (χ1n) is 8.24. The molecule has 0 bridgehead atoms. The molecule has 124 valence electrons. The molecule has 3 aromatic rings. The van der Waals surface area contributed by atoms with Crippen molar-refractivity contribution in [2.24, 2.45) is 0 Å². The van der Waals surface area contributed by atoms with Crippen molar-refractivity contribution in [3.05, 3.63) is 53.9 Å². The fourth-order valence-corrected chi connectivity index (χ4v) is 2.52. The van der Waals surface area contributed by atoms with Gasteiger partial charge in [0.25, 0.3) is 0 Å². The molecule has 0 saturated carbocycles. The van der Waals surface area contributed by atoms with E-state index in [2.05, 4.69) is 16.9 Å². The summed E-state index contributed by atoms with van der Waals surface area (Å²) >= 11 is 0. The summed E-state index contributed by atoms with van der Waals surface area (Å²) < 4.78 is 11.4. The van der Waals surface area contributed by atoms with Crippen molar-refractivity contribution >= 4 is 23.2 Å². The van der Waals surface area contributed by atoms with E-state index in [0.29, 0.717) is 6.61 Å². The number of hydrogen-bond donors (Lipinski definition) is 1. The summed E-state index contributed by atoms with van der Waals surface area (Å²) in [4.78, 5) is 7.86. The van der Waals surface area contributed by atoms with Crippen LogP contribution >= 0.6 is 0 Å². The molecule has 0 atom stereocenters. The van der Waals surface area contributed by atoms with Crippen molar-refractivity contribution in [2.75, 3.05) is 13.7 Å². The first-order chi connectivity index (χ1) is 11.8. The Morgan fingerprint density at radius 3 is 2.75 bits per heavy atom. The highest BCUT2D eigenvalue weighted by Gasteiger charge is 2.08. The third kappa shape index (κ3) is 3.59. The number of imidazole rings is 1. The zero-order chi connectivity index (χ0) is 16.8. The van der Waals surface area contributed by atoms with Gasteiger partial charge in [-0.1, -0.05) is 37.6 Å². The van der Waals surface area contributed by atoms with E-state index in [1.165, 1.54) is 0 Å². The predicted molar refractivity (Wildman–Crippen MR) is 98.4 cm³/mol. The summed E-state index contributed by atoms with van der Waals surface area (Å²) in [5.41, 5.74) is 2.97. The van der Waals surface area contributed by atoms with E-state index in [-0.39, 0.29) is 0 Å². The fraction of sp³-hybridized carbons (Fsp3) is 0.250. The molecule has 0 saturated heterocycles. The molecular formula is C20H22N2O2. The van der Waals surface area contributed by atoms with E-state index in [4.69, 9.17) is 9.47 Å². The van der Waals surface area contributed by atoms with Gasteiger partial charge in [-0.3, -0.25) is 0 Å². The maximum absolute atomic E-state index is 5.94. The Morgan fingerprint density at radius 1 is 1.08 bits per heavy atom. The molecule has 0 radical (unpaired) electrons. The summed E-state index contributed by atoms with van der Waals surface area (Å²) in [5.74, 6) is 2.34. The number of nitrogens with one attached hydrogen (secondary N) is 1. The summed E-state index contributed by atoms with van der Waals surface area (Å²) in [5, 5.41) is 0. The molecule has 0 aliphatic rings. The first-order valence-corrected chi connectivity index (χ1v) is 8.24. The maximum Gasteiger partial charge on any atom is 0.168 e. The molecule has 0 amide bonds. The highest BCUT2D eigenvalue weighted by molar-refractivity contribution is 5.79. The second-order valence-electron chi connectivity index (χ2n) is 5.55. The van der Waals surface area contributed by atoms with Crippen molar-refractivity contribution in [1.29, 1.82) is 0 Å². The van der Waals surface area contributed by atoms with Crippen LogP contribution in [0.5, 0.6) is 11.5 Å². The number of benzene rings is 2. The van der Waals surface area contributed by atoms with E-state index in [1.54, 1.807) is 7.11 Å². The minimum atomic E-state index is 0.683. The van der Waals surface area contributed by atoms with Crippen LogP contribution in [0.3, 0.4) is 0 Å². The summed E-state index contributed by atoms with van der Waals surface area (Å²) in [6, 6.07) is 13.9. The van der Waals surface area contributed by atoms with Crippen LogP contribution in [0.25, 0.3) is 23.2 Å². The highest BCUT2D eigenvalue weighted by Crippen LogP contribution is 2.32. The molecule has 0 unspecified atom stereocenters. The molecule has 24 heavy (non-hydrogen) atoms. The molecule has 3 rings (SSSR count). The normalized spacial score (nSPS) is 11.2. The molecule has 0 fully saturated rings. The number of H-pyrrole nitrogens is 1. The van der Waals surface area contributed by atoms with Crippen LogP contribution in [0, 0.1) is 0 Å². The number of fused-ring (bicyclic) bond motifs is 1. The van der Waals surface area contributed by atoms with Crippen LogP contribution in [0.2, 0.25) is 0 Å². The van der Waals surface area contributed by atoms with Crippen LogP contribution in [-0.2, 0) is 0 Å². The van der Waals surface area contributed by atoms with Crippen LogP contribution in [0.15, 0.2) is 42.5 Å². The van der Waals surface area contributed by atoms with Crippen molar-refractivity contribution < 1.29 is 9.47 Å². The number of para-hydroxylation sites is 3. The van der Waals surface area contributed by atoms with Crippen LogP contribution in [0.1, 0.15) is 31.2 Å². The molecule has 0 aliphatic heterocycles. The summed E-state index contributed by atoms with van der Waals surface area (Å²) in [6.07, 6.45) is 6.08. The number of ether oxygens (including phenoxy) is 2. The summed E-state index contributed by atoms with van der Waals surface area (Å²) in [6.45, 7) is 2.83. The van der Waals surface area contributed by atoms with Gasteiger partial charge >= 0.3 is 0 Å². The monoisotopic (exact) mass is 322 g/mol. The summed E-state index contributed by atoms with van der Waals surface area (Å²) in [7, 11) is 1.66. The van der Waals surface area contributed by atoms with E-state index < -0.39 is 0 Å². The van der Waals surface area contributed by atoms with Crippen molar-refractivity contribution in [3.8, 4) is 11.5 Å². The van der Waals surface area contributed by atoms with Crippen molar-refractivity contribution in [2.45, 2.75) is 19.8 Å². The second-order valence-corrected chi connectivity index (χ2v) is 5.55. The van der Waals surface area contributed by atoms with Gasteiger partial charge in [-0.15, -0.1) is 0 Å². The third-order valence-electron chi connectivity index (χ3n) is 3.80. The molecule has 0 spiro atoms. The SMILES string of the molecule is CCCCOc1c(C=Cc2nc3ccccc3[nH]2)cccc1OC. The second kappa shape index (κ2) is 7.68. The van der Waals surface area contributed by atoms with Gasteiger partial charge in [0.2, 0.25) is 0 Å². The molecule has 1 N–H and O–H groups in total. The molecular weight excluding hydrogens is 300 g/mol. The van der Waals surface area contributed by atoms with Gasteiger partial charge in [0.05, 0.1) is 24.8 Å². The number of nitrogens with zero attached hydrogens (tertiary/aromatic N) is 1. The van der Waals surface area contributed by atoms with E-state index >= 15 is 0 Å². The molecule has 0 aliphatic carbocycles. The van der Waals surface area contributed by atoms with Gasteiger partial charge < -0.3 is 14.5 Å². The van der Waals surface area contributed by atoms with Gasteiger partial charge in [-0.2, -0.15) is 0 Å². The van der Waals surface area contributed by atoms with Crippen molar-refractivity contribution in [1.82, 2.24) is 9.97 Å². The Hall–Kier alpha value is -2.75. The average molecular weight is 322 g/mol. The number of hydrogen-bond acceptors (Lipinski definition) is 3. The number of aromatic amines is 1. The number of unbranched alkanes of at least 4 members (excludes halogenated alkanes) is 1. The average Bonchev–Trinajstić information content (AvgIpc) is 3.03. The van der Waals surface area contributed by atoms with Gasteiger partial charge in [0.1, 0.15) is 5.82 Å². The van der Waals surface area contributed by atoms with Gasteiger partial charge in [0, 0.05) is 5.56 Å². The van der Waals surface area contributed by atoms with Crippen LogP contribution in [-0.4, -0.2) is 23.7 Å². The van der Waals surface area contributed by atoms with Gasteiger partial charge in [-0.25, -0.2) is 4.98 Å². The number of methoxy groups -OCH3 is 1. The number of aromatic nitrogens is 2. The quantitative estimate of drug-likeness (QED) is 0.628. The van der Waals surface area contributed by atoms with E-state index in [1.807, 2.05) is 54.6 Å². The fourth-order valence-electron chi connectivity index (χ4n) is 2.52. The topological polar surface area (TPSA) is 47.1 Å². The minimum absolute atomic E-state index is 0.683. The lowest BCUT2D eigenvalue weighted by molar-refractivity contribution is 0.287. The van der Waals surface area contributed by atoms with Gasteiger partial charge in [-0.05, 0) is 36.8 Å². The van der Waals surface area contributed by atoms with E-state index in [9.17, 15) is 0 Å². The van der Waals surface area contributed by atoms with Gasteiger partial charge in [0.15, 0.2) is 11.5 Å². The minimum Gasteiger partial charge on any atom is -0.493 e. The standard InChI is InChI=1S/C20H22N2O2/c1-3-4-14-24-20-15(8-7-11-18(20)23-2)12-13-19-21-16-9-5-6-10-17(16)22-19/h5-13H,3-4,14H2,1-2H3,(H,21,22). The Labute approximate surface area is 142 Å². The van der Waals surface area contributed by atoms with E-state index in [0.717, 1.165) is 46.8 Å². The molecule has 4 heteroatoms. The molecule has 4 nitrogen and oxygen atoms in total. The highest BCUT2D eigenvalue weighted by atomic mass is 16.5. The molecule has 2 aromatic carbocycles. The zero-order valence-electron chi connectivity index (χ0n) is 14.1. The van der Waals surface area contributed by atoms with Crippen molar-refractivity contribution in [3.63, 3.8) is 0 Å². The lowest BCUT2D eigenvalue weighted by atomic mass is 10.1. The smallest absolute Gasteiger partial charge is 0.168 e. The Morgan fingerprint density at radius 2 is 1.96 bits per heavy atom. The Kier molecular flexibility index (Phi) is 5.16. The molecule has 1 heterocycles. The molecule has 1 aromatic heterocycles. The predicted octanol–water partition coefficient (Wildman–Crippen LogP) is 4.92.